The summed E-state index contributed by atoms with van der Waals surface area (Å²) in [6, 6.07) is 4.88. The van der Waals surface area contributed by atoms with Crippen molar-refractivity contribution >= 4 is 5.97 Å². The molecule has 1 aromatic carbocycles. The Morgan fingerprint density at radius 2 is 1.47 bits per heavy atom. The highest BCUT2D eigenvalue weighted by Crippen LogP contribution is 2.28. The molecule has 0 bridgehead atoms. The van der Waals surface area contributed by atoms with Crippen molar-refractivity contribution in [1.29, 1.82) is 0 Å². The number of esters is 1. The van der Waals surface area contributed by atoms with Crippen molar-refractivity contribution in [2.75, 3.05) is 6.61 Å². The van der Waals surface area contributed by atoms with Crippen LogP contribution in [-0.2, 0) is 15.9 Å². The zero-order valence-electron chi connectivity index (χ0n) is 12.2. The van der Waals surface area contributed by atoms with Crippen LogP contribution in [0.5, 0.6) is 0 Å². The molecule has 0 saturated carbocycles. The van der Waals surface area contributed by atoms with Crippen LogP contribution in [0.25, 0.3) is 0 Å². The van der Waals surface area contributed by atoms with E-state index in [1.807, 2.05) is 0 Å². The third-order valence-electron chi connectivity index (χ3n) is 2.86. The Balaban J connectivity index is 3.37. The molecule has 4 nitrogen and oxygen atoms in total. The first-order valence-corrected chi connectivity index (χ1v) is 6.33. The van der Waals surface area contributed by atoms with Gasteiger partial charge < -0.3 is 14.9 Å². The van der Waals surface area contributed by atoms with Gasteiger partial charge in [-0.25, -0.2) is 4.79 Å². The summed E-state index contributed by atoms with van der Waals surface area (Å²) in [6.45, 7) is 8.53. The third kappa shape index (κ3) is 4.04. The molecular weight excluding hydrogens is 244 g/mol. The molecule has 19 heavy (non-hydrogen) atoms. The van der Waals surface area contributed by atoms with E-state index in [1.165, 1.54) is 0 Å². The monoisotopic (exact) mass is 266 g/mol. The Kier molecular flexibility index (Phi) is 4.38. The maximum atomic E-state index is 11.8. The fraction of sp³-hybridized carbons (Fsp3) is 0.533. The second-order valence-corrected chi connectivity index (χ2v) is 5.64. The van der Waals surface area contributed by atoms with E-state index in [2.05, 4.69) is 0 Å². The van der Waals surface area contributed by atoms with E-state index >= 15 is 0 Å². The summed E-state index contributed by atoms with van der Waals surface area (Å²) in [5.74, 6) is -0.459. The van der Waals surface area contributed by atoms with Crippen LogP contribution >= 0.6 is 0 Å². The van der Waals surface area contributed by atoms with Crippen LogP contribution in [-0.4, -0.2) is 22.8 Å². The van der Waals surface area contributed by atoms with E-state index in [9.17, 15) is 15.0 Å². The topological polar surface area (TPSA) is 66.8 Å². The summed E-state index contributed by atoms with van der Waals surface area (Å²) in [5.41, 5.74) is -0.727. The number of hydrogen-bond acceptors (Lipinski definition) is 4. The summed E-state index contributed by atoms with van der Waals surface area (Å²) in [4.78, 5) is 11.8. The molecule has 0 atom stereocenters. The first-order chi connectivity index (χ1) is 8.55. The lowest BCUT2D eigenvalue weighted by atomic mass is 9.89. The van der Waals surface area contributed by atoms with Gasteiger partial charge in [0.05, 0.1) is 23.4 Å². The SMILES string of the molecule is CCOC(=O)c1cc(C(C)(C)O)cc(C(C)(C)O)c1. The molecule has 0 aliphatic heterocycles. The molecule has 0 radical (unpaired) electrons. The minimum atomic E-state index is -1.09. The molecule has 1 aromatic rings. The van der Waals surface area contributed by atoms with Gasteiger partial charge in [-0.05, 0) is 57.9 Å². The van der Waals surface area contributed by atoms with Crippen LogP contribution < -0.4 is 0 Å². The van der Waals surface area contributed by atoms with E-state index in [-0.39, 0.29) is 6.61 Å². The molecule has 0 aromatic heterocycles. The van der Waals surface area contributed by atoms with Crippen LogP contribution in [0.4, 0.5) is 0 Å². The van der Waals surface area contributed by atoms with Crippen molar-refractivity contribution in [2.24, 2.45) is 0 Å². The molecule has 0 heterocycles. The highest BCUT2D eigenvalue weighted by Gasteiger charge is 2.24. The number of carbonyl (C=O) groups excluding carboxylic acids is 1. The molecule has 0 spiro atoms. The number of ether oxygens (including phenoxy) is 1. The van der Waals surface area contributed by atoms with Gasteiger partial charge in [-0.2, -0.15) is 0 Å². The summed E-state index contributed by atoms with van der Waals surface area (Å²) in [7, 11) is 0. The molecule has 0 amide bonds. The number of rotatable bonds is 4. The largest absolute Gasteiger partial charge is 0.462 e. The second-order valence-electron chi connectivity index (χ2n) is 5.64. The van der Waals surface area contributed by atoms with Crippen LogP contribution in [0.1, 0.15) is 56.1 Å². The molecule has 0 unspecified atom stereocenters. The van der Waals surface area contributed by atoms with Crippen LogP contribution in [0.15, 0.2) is 18.2 Å². The maximum Gasteiger partial charge on any atom is 0.338 e. The Morgan fingerprint density at radius 3 is 1.79 bits per heavy atom. The average molecular weight is 266 g/mol. The van der Waals surface area contributed by atoms with E-state index in [4.69, 9.17) is 4.74 Å². The molecule has 0 fully saturated rings. The number of benzene rings is 1. The lowest BCUT2D eigenvalue weighted by molar-refractivity contribution is 0.0522. The lowest BCUT2D eigenvalue weighted by Crippen LogP contribution is -2.22. The normalized spacial score (nSPS) is 12.4. The van der Waals surface area contributed by atoms with Gasteiger partial charge in [-0.15, -0.1) is 0 Å². The van der Waals surface area contributed by atoms with E-state index in [0.717, 1.165) is 0 Å². The summed E-state index contributed by atoms with van der Waals surface area (Å²) in [6.07, 6.45) is 0. The quantitative estimate of drug-likeness (QED) is 0.821. The van der Waals surface area contributed by atoms with Gasteiger partial charge in [0.15, 0.2) is 0 Å². The number of hydrogen-bond donors (Lipinski definition) is 2. The standard InChI is InChI=1S/C15H22O4/c1-6-19-13(16)10-7-11(14(2,3)17)9-12(8-10)15(4,5)18/h7-9,17-18H,6H2,1-5H3. The molecule has 2 N–H and O–H groups in total. The fourth-order valence-corrected chi connectivity index (χ4v) is 1.67. The predicted molar refractivity (Wildman–Crippen MR) is 72.9 cm³/mol. The van der Waals surface area contributed by atoms with Crippen molar-refractivity contribution in [3.05, 3.63) is 34.9 Å². The van der Waals surface area contributed by atoms with Crippen molar-refractivity contribution in [2.45, 2.75) is 45.8 Å². The van der Waals surface area contributed by atoms with Crippen molar-refractivity contribution < 1.29 is 19.7 Å². The molecular formula is C15H22O4. The van der Waals surface area contributed by atoms with Crippen LogP contribution in [0.2, 0.25) is 0 Å². The van der Waals surface area contributed by atoms with Crippen LogP contribution in [0, 0.1) is 0 Å². The van der Waals surface area contributed by atoms with Gasteiger partial charge in [-0.3, -0.25) is 0 Å². The average Bonchev–Trinajstić information content (AvgIpc) is 2.26. The van der Waals surface area contributed by atoms with Crippen molar-refractivity contribution in [3.63, 3.8) is 0 Å². The highest BCUT2D eigenvalue weighted by molar-refractivity contribution is 5.90. The number of carbonyl (C=O) groups is 1. The van der Waals surface area contributed by atoms with Crippen molar-refractivity contribution in [1.82, 2.24) is 0 Å². The first kappa shape index (κ1) is 15.7. The Labute approximate surface area is 114 Å². The molecule has 0 saturated heterocycles. The summed E-state index contributed by atoms with van der Waals surface area (Å²) < 4.78 is 4.96. The summed E-state index contributed by atoms with van der Waals surface area (Å²) in [5, 5.41) is 20.2. The van der Waals surface area contributed by atoms with Crippen molar-refractivity contribution in [3.8, 4) is 0 Å². The second kappa shape index (κ2) is 5.31. The van der Waals surface area contributed by atoms with Crippen LogP contribution in [0.3, 0.4) is 0 Å². The Hall–Kier alpha value is -1.39. The smallest absolute Gasteiger partial charge is 0.338 e. The third-order valence-corrected chi connectivity index (χ3v) is 2.86. The van der Waals surface area contributed by atoms with Gasteiger partial charge in [0, 0.05) is 0 Å². The maximum absolute atomic E-state index is 11.8. The molecule has 0 aliphatic rings. The summed E-state index contributed by atoms with van der Waals surface area (Å²) >= 11 is 0. The molecule has 1 rings (SSSR count). The van der Waals surface area contributed by atoms with E-state index in [1.54, 1.807) is 52.8 Å². The number of aliphatic hydroxyl groups is 2. The molecule has 106 valence electrons. The van der Waals surface area contributed by atoms with E-state index < -0.39 is 17.2 Å². The van der Waals surface area contributed by atoms with E-state index in [0.29, 0.717) is 16.7 Å². The Morgan fingerprint density at radius 1 is 1.05 bits per heavy atom. The first-order valence-electron chi connectivity index (χ1n) is 6.33. The van der Waals surface area contributed by atoms with Gasteiger partial charge in [0.2, 0.25) is 0 Å². The zero-order chi connectivity index (χ0) is 14.8. The molecule has 4 heteroatoms. The molecule has 0 aliphatic carbocycles. The lowest BCUT2D eigenvalue weighted by Gasteiger charge is -2.24. The van der Waals surface area contributed by atoms with Gasteiger partial charge in [0.25, 0.3) is 0 Å². The highest BCUT2D eigenvalue weighted by atomic mass is 16.5. The van der Waals surface area contributed by atoms with Gasteiger partial charge in [0.1, 0.15) is 0 Å². The van der Waals surface area contributed by atoms with Gasteiger partial charge >= 0.3 is 5.97 Å². The Bertz CT molecular complexity index is 432. The minimum absolute atomic E-state index is 0.281. The zero-order valence-corrected chi connectivity index (χ0v) is 12.2. The minimum Gasteiger partial charge on any atom is -0.462 e. The fourth-order valence-electron chi connectivity index (χ4n) is 1.67. The van der Waals surface area contributed by atoms with Gasteiger partial charge in [-0.1, -0.05) is 6.07 Å². The predicted octanol–water partition coefficient (Wildman–Crippen LogP) is 2.32.